The van der Waals surface area contributed by atoms with E-state index < -0.39 is 0 Å². The van der Waals surface area contributed by atoms with Crippen molar-refractivity contribution in [3.63, 3.8) is 0 Å². The van der Waals surface area contributed by atoms with Gasteiger partial charge in [-0.2, -0.15) is 0 Å². The summed E-state index contributed by atoms with van der Waals surface area (Å²) in [5.41, 5.74) is 4.47. The summed E-state index contributed by atoms with van der Waals surface area (Å²) in [6.07, 6.45) is 22.6. The lowest BCUT2D eigenvalue weighted by molar-refractivity contribution is 0.251. The number of hydrogen-bond donors (Lipinski definition) is 0. The maximum Gasteiger partial charge on any atom is 0.0236 e. The van der Waals surface area contributed by atoms with Crippen LogP contribution < -0.4 is 0 Å². The monoisotopic (exact) mass is 451 g/mol. The molecule has 0 N–H and O–H groups in total. The normalized spacial score (nSPS) is 11.1. The van der Waals surface area contributed by atoms with Gasteiger partial charge in [0.15, 0.2) is 0 Å². The van der Waals surface area contributed by atoms with Gasteiger partial charge >= 0.3 is 0 Å². The molecule has 0 spiro atoms. The molecule has 31 heavy (non-hydrogen) atoms. The smallest absolute Gasteiger partial charge is 0.0236 e. The van der Waals surface area contributed by atoms with Crippen LogP contribution in [0.4, 0.5) is 0 Å². The molecule has 0 bridgehead atoms. The predicted octanol–water partition coefficient (Wildman–Crippen LogP) is 9.81. The number of rotatable bonds is 20. The van der Waals surface area contributed by atoms with Gasteiger partial charge in [0.05, 0.1) is 0 Å². The Morgan fingerprint density at radius 3 is 1.45 bits per heavy atom. The quantitative estimate of drug-likeness (QED) is 0.178. The van der Waals surface area contributed by atoms with Crippen molar-refractivity contribution in [1.82, 2.24) is 4.90 Å². The molecular weight excluding hydrogens is 398 g/mol. The fraction of sp³-hybridized carbons (Fsp3) is 0.793. The van der Waals surface area contributed by atoms with Crippen LogP contribution in [0.5, 0.6) is 0 Å². The van der Waals surface area contributed by atoms with E-state index in [1.54, 1.807) is 0 Å². The van der Waals surface area contributed by atoms with Gasteiger partial charge in [-0.05, 0) is 56.5 Å². The number of halogens is 1. The highest BCUT2D eigenvalue weighted by atomic mass is 35.5. The summed E-state index contributed by atoms with van der Waals surface area (Å²) < 4.78 is 0. The van der Waals surface area contributed by atoms with Crippen LogP contribution in [0.15, 0.2) is 18.2 Å². The minimum atomic E-state index is 0. The average Bonchev–Trinajstić information content (AvgIpc) is 2.74. The van der Waals surface area contributed by atoms with Crippen molar-refractivity contribution in [3.8, 4) is 0 Å². The van der Waals surface area contributed by atoms with Gasteiger partial charge in [0.2, 0.25) is 0 Å². The third kappa shape index (κ3) is 15.8. The van der Waals surface area contributed by atoms with E-state index in [0.29, 0.717) is 0 Å². The Kier molecular flexibility index (Phi) is 21.0. The fourth-order valence-corrected chi connectivity index (χ4v) is 4.43. The lowest BCUT2D eigenvalue weighted by Crippen LogP contribution is -2.26. The van der Waals surface area contributed by atoms with Gasteiger partial charge in [0.25, 0.3) is 0 Å². The Morgan fingerprint density at radius 2 is 1.00 bits per heavy atom. The minimum absolute atomic E-state index is 0. The van der Waals surface area contributed by atoms with Crippen molar-refractivity contribution < 1.29 is 0 Å². The first-order valence-electron chi connectivity index (χ1n) is 13.5. The van der Waals surface area contributed by atoms with Gasteiger partial charge in [-0.3, -0.25) is 4.90 Å². The number of hydrogen-bond acceptors (Lipinski definition) is 1. The summed E-state index contributed by atoms with van der Waals surface area (Å²) >= 11 is 0. The van der Waals surface area contributed by atoms with E-state index in [4.69, 9.17) is 0 Å². The van der Waals surface area contributed by atoms with Gasteiger partial charge in [0, 0.05) is 6.54 Å². The molecule has 0 aliphatic rings. The number of nitrogens with zero attached hydrogens (tertiary/aromatic N) is 1. The maximum atomic E-state index is 2.75. The Balaban J connectivity index is 0.00000900. The molecule has 0 fully saturated rings. The molecule has 2 heteroatoms. The molecule has 1 rings (SSSR count). The number of benzene rings is 1. The largest absolute Gasteiger partial charge is 0.299 e. The highest BCUT2D eigenvalue weighted by Gasteiger charge is 2.09. The first-order chi connectivity index (χ1) is 14.7. The van der Waals surface area contributed by atoms with Crippen LogP contribution in [-0.2, 0) is 6.54 Å². The zero-order valence-electron chi connectivity index (χ0n) is 21.5. The van der Waals surface area contributed by atoms with Crippen molar-refractivity contribution in [2.75, 3.05) is 13.1 Å². The van der Waals surface area contributed by atoms with Crippen molar-refractivity contribution >= 4 is 12.4 Å². The molecule has 0 heterocycles. The summed E-state index contributed by atoms with van der Waals surface area (Å²) in [7, 11) is 0. The van der Waals surface area contributed by atoms with Crippen LogP contribution in [0.25, 0.3) is 0 Å². The molecule has 0 aliphatic heterocycles. The molecule has 0 radical (unpaired) electrons. The van der Waals surface area contributed by atoms with Crippen molar-refractivity contribution in [1.29, 1.82) is 0 Å². The highest BCUT2D eigenvalue weighted by molar-refractivity contribution is 5.85. The third-order valence-corrected chi connectivity index (χ3v) is 6.77. The topological polar surface area (TPSA) is 3.24 Å². The van der Waals surface area contributed by atoms with E-state index >= 15 is 0 Å². The van der Waals surface area contributed by atoms with Crippen LogP contribution in [0.3, 0.4) is 0 Å². The zero-order valence-corrected chi connectivity index (χ0v) is 22.3. The van der Waals surface area contributed by atoms with E-state index in [2.05, 4.69) is 50.8 Å². The number of unbranched alkanes of at least 4 members (excludes halogenated alkanes) is 14. The van der Waals surface area contributed by atoms with Crippen LogP contribution in [0.2, 0.25) is 0 Å². The Hall–Kier alpha value is -0.530. The van der Waals surface area contributed by atoms with Gasteiger partial charge in [-0.25, -0.2) is 0 Å². The van der Waals surface area contributed by atoms with Crippen molar-refractivity contribution in [2.24, 2.45) is 0 Å². The predicted molar refractivity (Wildman–Crippen MR) is 144 cm³/mol. The van der Waals surface area contributed by atoms with Crippen molar-refractivity contribution in [2.45, 2.75) is 137 Å². The van der Waals surface area contributed by atoms with Gasteiger partial charge in [-0.1, -0.05) is 122 Å². The molecule has 0 aromatic heterocycles. The van der Waals surface area contributed by atoms with E-state index in [9.17, 15) is 0 Å². The molecule has 1 aromatic rings. The standard InChI is InChI=1S/C29H53N.ClH/c1-5-7-9-11-13-15-17-19-24-30(25-20-18-16-14-12-10-8-6-2)26-29-23-21-22-27(3)28(29)4;/h21-23H,5-20,24-26H2,1-4H3;1H. The summed E-state index contributed by atoms with van der Waals surface area (Å²) in [6.45, 7) is 12.8. The first kappa shape index (κ1) is 30.5. The van der Waals surface area contributed by atoms with E-state index in [1.165, 1.54) is 133 Å². The first-order valence-corrected chi connectivity index (χ1v) is 13.5. The van der Waals surface area contributed by atoms with Gasteiger partial charge in [0.1, 0.15) is 0 Å². The van der Waals surface area contributed by atoms with Crippen LogP contribution in [0.1, 0.15) is 133 Å². The Bertz CT molecular complexity index is 493. The molecule has 0 unspecified atom stereocenters. The summed E-state index contributed by atoms with van der Waals surface area (Å²) in [5.74, 6) is 0. The minimum Gasteiger partial charge on any atom is -0.299 e. The average molecular weight is 452 g/mol. The van der Waals surface area contributed by atoms with Gasteiger partial charge < -0.3 is 0 Å². The molecule has 0 aliphatic carbocycles. The van der Waals surface area contributed by atoms with Crippen LogP contribution in [-0.4, -0.2) is 18.0 Å². The molecule has 182 valence electrons. The molecular formula is C29H54ClN. The third-order valence-electron chi connectivity index (χ3n) is 6.77. The number of aryl methyl sites for hydroxylation is 1. The van der Waals surface area contributed by atoms with E-state index in [0.717, 1.165) is 6.54 Å². The lowest BCUT2D eigenvalue weighted by atomic mass is 10.0. The summed E-state index contributed by atoms with van der Waals surface area (Å²) in [4.78, 5) is 2.75. The summed E-state index contributed by atoms with van der Waals surface area (Å²) in [5, 5.41) is 0. The molecule has 0 amide bonds. The Morgan fingerprint density at radius 1 is 0.581 bits per heavy atom. The van der Waals surface area contributed by atoms with Crippen LogP contribution in [0, 0.1) is 13.8 Å². The second-order valence-electron chi connectivity index (χ2n) is 9.58. The zero-order chi connectivity index (χ0) is 21.9. The molecule has 0 saturated carbocycles. The maximum absolute atomic E-state index is 2.75. The lowest BCUT2D eigenvalue weighted by Gasteiger charge is -2.24. The molecule has 1 aromatic carbocycles. The highest BCUT2D eigenvalue weighted by Crippen LogP contribution is 2.17. The fourth-order valence-electron chi connectivity index (χ4n) is 4.43. The molecule has 0 atom stereocenters. The SMILES string of the molecule is CCCCCCCCCCN(CCCCCCCCCC)Cc1cccc(C)c1C.Cl. The van der Waals surface area contributed by atoms with Crippen molar-refractivity contribution in [3.05, 3.63) is 34.9 Å². The second kappa shape index (κ2) is 21.3. The summed E-state index contributed by atoms with van der Waals surface area (Å²) in [6, 6.07) is 6.83. The van der Waals surface area contributed by atoms with Gasteiger partial charge in [-0.15, -0.1) is 12.4 Å². The second-order valence-corrected chi connectivity index (χ2v) is 9.58. The molecule has 1 nitrogen and oxygen atoms in total. The Labute approximate surface area is 202 Å². The molecule has 0 saturated heterocycles. The van der Waals surface area contributed by atoms with E-state index in [1.807, 2.05) is 0 Å². The van der Waals surface area contributed by atoms with Crippen LogP contribution >= 0.6 is 12.4 Å². The van der Waals surface area contributed by atoms with E-state index in [-0.39, 0.29) is 12.4 Å².